The van der Waals surface area contributed by atoms with Crippen molar-refractivity contribution in [3.8, 4) is 0 Å². The lowest BCUT2D eigenvalue weighted by Gasteiger charge is -2.33. The van der Waals surface area contributed by atoms with Gasteiger partial charge in [-0.3, -0.25) is 4.79 Å². The molecule has 1 aromatic rings. The van der Waals surface area contributed by atoms with Gasteiger partial charge in [0.25, 0.3) is 0 Å². The molecule has 1 saturated heterocycles. The van der Waals surface area contributed by atoms with Crippen LogP contribution in [-0.2, 0) is 4.79 Å². The Kier molecular flexibility index (Phi) is 5.33. The van der Waals surface area contributed by atoms with Crippen molar-refractivity contribution in [3.05, 3.63) is 29.8 Å². The molecular formula is C16H22N2O3. The molecule has 1 aliphatic heterocycles. The zero-order valence-electron chi connectivity index (χ0n) is 12.3. The zero-order chi connectivity index (χ0) is 15.2. The van der Waals surface area contributed by atoms with Crippen molar-refractivity contribution < 1.29 is 14.7 Å². The predicted octanol–water partition coefficient (Wildman–Crippen LogP) is 2.59. The molecule has 1 unspecified atom stereocenters. The summed E-state index contributed by atoms with van der Waals surface area (Å²) in [5.41, 5.74) is 0.854. The summed E-state index contributed by atoms with van der Waals surface area (Å²) >= 11 is 0. The van der Waals surface area contributed by atoms with Gasteiger partial charge >= 0.3 is 5.97 Å². The smallest absolute Gasteiger partial charge is 0.335 e. The molecule has 0 aromatic heterocycles. The van der Waals surface area contributed by atoms with Gasteiger partial charge < -0.3 is 15.3 Å². The van der Waals surface area contributed by atoms with Crippen molar-refractivity contribution in [2.24, 2.45) is 0 Å². The van der Waals surface area contributed by atoms with Crippen LogP contribution in [0.15, 0.2) is 24.3 Å². The van der Waals surface area contributed by atoms with Crippen molar-refractivity contribution in [3.63, 3.8) is 0 Å². The quantitative estimate of drug-likeness (QED) is 0.874. The van der Waals surface area contributed by atoms with Crippen LogP contribution in [0.2, 0.25) is 0 Å². The largest absolute Gasteiger partial charge is 0.478 e. The van der Waals surface area contributed by atoms with Crippen LogP contribution in [0.4, 0.5) is 5.69 Å². The fraction of sp³-hybridized carbons (Fsp3) is 0.500. The lowest BCUT2D eigenvalue weighted by molar-refractivity contribution is -0.116. The van der Waals surface area contributed by atoms with E-state index in [1.807, 2.05) is 0 Å². The number of carboxylic acid groups (broad SMARTS) is 1. The molecule has 114 valence electrons. The second-order valence-corrected chi connectivity index (χ2v) is 5.56. The number of anilines is 1. The molecule has 1 amide bonds. The van der Waals surface area contributed by atoms with Gasteiger partial charge in [0, 0.05) is 24.7 Å². The monoisotopic (exact) mass is 290 g/mol. The van der Waals surface area contributed by atoms with E-state index < -0.39 is 5.97 Å². The molecule has 1 atom stereocenters. The first-order chi connectivity index (χ1) is 10.1. The Balaban J connectivity index is 1.80. The Morgan fingerprint density at radius 3 is 2.62 bits per heavy atom. The highest BCUT2D eigenvalue weighted by molar-refractivity contribution is 5.92. The first kappa shape index (κ1) is 15.5. The fourth-order valence-corrected chi connectivity index (χ4v) is 2.65. The number of carboxylic acids is 1. The average Bonchev–Trinajstić information content (AvgIpc) is 2.47. The minimum Gasteiger partial charge on any atom is -0.478 e. The van der Waals surface area contributed by atoms with E-state index in [4.69, 9.17) is 5.11 Å². The van der Waals surface area contributed by atoms with Gasteiger partial charge in [-0.25, -0.2) is 4.79 Å². The summed E-state index contributed by atoms with van der Waals surface area (Å²) in [6, 6.07) is 6.77. The van der Waals surface area contributed by atoms with Crippen LogP contribution < -0.4 is 5.32 Å². The normalized spacial score (nSPS) is 19.2. The summed E-state index contributed by atoms with van der Waals surface area (Å²) in [7, 11) is 0. The van der Waals surface area contributed by atoms with Crippen LogP contribution in [-0.4, -0.2) is 41.0 Å². The fourth-order valence-electron chi connectivity index (χ4n) is 2.65. The number of nitrogens with zero attached hydrogens (tertiary/aromatic N) is 1. The number of amides is 1. The van der Waals surface area contributed by atoms with Gasteiger partial charge in [0.05, 0.1) is 5.56 Å². The van der Waals surface area contributed by atoms with Crippen LogP contribution >= 0.6 is 0 Å². The lowest BCUT2D eigenvalue weighted by Crippen LogP contribution is -2.39. The molecule has 2 N–H and O–H groups in total. The molecule has 1 heterocycles. The molecule has 0 saturated carbocycles. The molecule has 1 aromatic carbocycles. The van der Waals surface area contributed by atoms with E-state index >= 15 is 0 Å². The van der Waals surface area contributed by atoms with Crippen molar-refractivity contribution in [2.45, 2.75) is 38.6 Å². The summed E-state index contributed by atoms with van der Waals surface area (Å²) < 4.78 is 0. The zero-order valence-corrected chi connectivity index (χ0v) is 12.3. The molecule has 0 spiro atoms. The third kappa shape index (κ3) is 4.56. The summed E-state index contributed by atoms with van der Waals surface area (Å²) in [5, 5.41) is 11.6. The van der Waals surface area contributed by atoms with Gasteiger partial charge in [-0.1, -0.05) is 6.42 Å². The van der Waals surface area contributed by atoms with Gasteiger partial charge in [-0.2, -0.15) is 0 Å². The Bertz CT molecular complexity index is 499. The number of carbonyl (C=O) groups is 2. The standard InChI is InChI=1S/C16H22N2O3/c1-12-4-2-3-10-18(12)11-9-15(19)17-14-7-5-13(6-8-14)16(20)21/h5-8,12H,2-4,9-11H2,1H3,(H,17,19)(H,20,21). The highest BCUT2D eigenvalue weighted by Crippen LogP contribution is 2.16. The Hall–Kier alpha value is -1.88. The SMILES string of the molecule is CC1CCCCN1CCC(=O)Nc1ccc(C(=O)O)cc1. The Morgan fingerprint density at radius 2 is 2.00 bits per heavy atom. The molecule has 0 radical (unpaired) electrons. The minimum atomic E-state index is -0.966. The van der Waals surface area contributed by atoms with E-state index in [1.165, 1.54) is 31.4 Å². The van der Waals surface area contributed by atoms with Crippen LogP contribution in [0, 0.1) is 0 Å². The molecule has 2 rings (SSSR count). The molecule has 0 bridgehead atoms. The van der Waals surface area contributed by atoms with E-state index in [0.717, 1.165) is 13.1 Å². The number of rotatable bonds is 5. The molecule has 5 heteroatoms. The van der Waals surface area contributed by atoms with Gasteiger partial charge in [-0.05, 0) is 50.6 Å². The van der Waals surface area contributed by atoms with Gasteiger partial charge in [0.15, 0.2) is 0 Å². The summed E-state index contributed by atoms with van der Waals surface area (Å²) in [6.07, 6.45) is 4.16. The third-order valence-electron chi connectivity index (χ3n) is 3.98. The van der Waals surface area contributed by atoms with Crippen molar-refractivity contribution >= 4 is 17.6 Å². The molecule has 1 aliphatic rings. The number of benzene rings is 1. The highest BCUT2D eigenvalue weighted by atomic mass is 16.4. The first-order valence-corrected chi connectivity index (χ1v) is 7.43. The summed E-state index contributed by atoms with van der Waals surface area (Å²) in [6.45, 7) is 4.06. The van der Waals surface area contributed by atoms with Crippen molar-refractivity contribution in [1.82, 2.24) is 4.90 Å². The summed E-state index contributed by atoms with van der Waals surface area (Å²) in [5.74, 6) is -0.997. The number of hydrogen-bond donors (Lipinski definition) is 2. The number of piperidine rings is 1. The maximum absolute atomic E-state index is 11.9. The Labute approximate surface area is 125 Å². The number of likely N-dealkylation sites (tertiary alicyclic amines) is 1. The van der Waals surface area contributed by atoms with Gasteiger partial charge in [0.1, 0.15) is 0 Å². The Morgan fingerprint density at radius 1 is 1.29 bits per heavy atom. The van der Waals surface area contributed by atoms with Crippen LogP contribution in [0.5, 0.6) is 0 Å². The molecule has 21 heavy (non-hydrogen) atoms. The van der Waals surface area contributed by atoms with Crippen LogP contribution in [0.3, 0.4) is 0 Å². The average molecular weight is 290 g/mol. The van der Waals surface area contributed by atoms with E-state index in [-0.39, 0.29) is 11.5 Å². The second kappa shape index (κ2) is 7.22. The lowest BCUT2D eigenvalue weighted by atomic mass is 10.0. The molecule has 0 aliphatic carbocycles. The second-order valence-electron chi connectivity index (χ2n) is 5.56. The van der Waals surface area contributed by atoms with Gasteiger partial charge in [0.2, 0.25) is 5.91 Å². The van der Waals surface area contributed by atoms with Crippen molar-refractivity contribution in [2.75, 3.05) is 18.4 Å². The van der Waals surface area contributed by atoms with Crippen LogP contribution in [0.25, 0.3) is 0 Å². The van der Waals surface area contributed by atoms with E-state index in [1.54, 1.807) is 12.1 Å². The van der Waals surface area contributed by atoms with E-state index in [0.29, 0.717) is 18.2 Å². The maximum Gasteiger partial charge on any atom is 0.335 e. The number of aromatic carboxylic acids is 1. The topological polar surface area (TPSA) is 69.6 Å². The third-order valence-corrected chi connectivity index (χ3v) is 3.98. The van der Waals surface area contributed by atoms with Crippen molar-refractivity contribution in [1.29, 1.82) is 0 Å². The molecule has 1 fully saturated rings. The predicted molar refractivity (Wildman–Crippen MR) is 81.5 cm³/mol. The number of carbonyl (C=O) groups excluding carboxylic acids is 1. The molecular weight excluding hydrogens is 268 g/mol. The van der Waals surface area contributed by atoms with Crippen LogP contribution in [0.1, 0.15) is 43.0 Å². The van der Waals surface area contributed by atoms with Gasteiger partial charge in [-0.15, -0.1) is 0 Å². The number of hydrogen-bond acceptors (Lipinski definition) is 3. The van der Waals surface area contributed by atoms with E-state index in [9.17, 15) is 9.59 Å². The highest BCUT2D eigenvalue weighted by Gasteiger charge is 2.18. The number of nitrogens with one attached hydrogen (secondary N) is 1. The first-order valence-electron chi connectivity index (χ1n) is 7.43. The molecule has 5 nitrogen and oxygen atoms in total. The maximum atomic E-state index is 11.9. The minimum absolute atomic E-state index is 0.0316. The summed E-state index contributed by atoms with van der Waals surface area (Å²) in [4.78, 5) is 25.0. The van der Waals surface area contributed by atoms with E-state index in [2.05, 4.69) is 17.1 Å².